The molecule has 0 spiro atoms. The molecule has 0 aromatic carbocycles. The first-order valence-electron chi connectivity index (χ1n) is 5.34. The van der Waals surface area contributed by atoms with Crippen LogP contribution >= 0.6 is 0 Å². The Labute approximate surface area is 90.4 Å². The van der Waals surface area contributed by atoms with E-state index in [0.29, 0.717) is 12.5 Å². The zero-order valence-corrected chi connectivity index (χ0v) is 9.58. The van der Waals surface area contributed by atoms with Crippen molar-refractivity contribution in [1.82, 2.24) is 5.32 Å². The van der Waals surface area contributed by atoms with Crippen LogP contribution < -0.4 is 5.32 Å². The first-order chi connectivity index (χ1) is 6.92. The lowest BCUT2D eigenvalue weighted by molar-refractivity contribution is -0.109. The quantitative estimate of drug-likeness (QED) is 0.724. The van der Waals surface area contributed by atoms with Crippen molar-refractivity contribution in [3.05, 3.63) is 0 Å². The molecule has 1 saturated carbocycles. The predicted octanol–water partition coefficient (Wildman–Crippen LogP) is 1.74. The Bertz CT molecular complexity index is 245. The maximum atomic E-state index is 11.2. The maximum absolute atomic E-state index is 11.2. The molecule has 0 bridgehead atoms. The second-order valence-corrected chi connectivity index (χ2v) is 5.01. The van der Waals surface area contributed by atoms with Crippen molar-refractivity contribution < 1.29 is 14.3 Å². The Kier molecular flexibility index (Phi) is 3.72. The van der Waals surface area contributed by atoms with E-state index in [4.69, 9.17) is 4.74 Å². The van der Waals surface area contributed by atoms with E-state index >= 15 is 0 Å². The number of nitrogens with one attached hydrogen (secondary N) is 1. The van der Waals surface area contributed by atoms with Crippen LogP contribution in [0.5, 0.6) is 0 Å². The molecule has 1 aliphatic carbocycles. The van der Waals surface area contributed by atoms with Gasteiger partial charge in [-0.2, -0.15) is 0 Å². The van der Waals surface area contributed by atoms with Crippen LogP contribution in [0.15, 0.2) is 0 Å². The Morgan fingerprint density at radius 1 is 1.53 bits per heavy atom. The Hall–Kier alpha value is -1.06. The summed E-state index contributed by atoms with van der Waals surface area (Å²) >= 11 is 0. The van der Waals surface area contributed by atoms with Gasteiger partial charge in [-0.25, -0.2) is 4.79 Å². The Morgan fingerprint density at radius 3 is 2.67 bits per heavy atom. The number of alkyl carbamates (subject to hydrolysis) is 1. The van der Waals surface area contributed by atoms with Gasteiger partial charge in [-0.15, -0.1) is 0 Å². The normalized spacial score (nSPS) is 24.5. The van der Waals surface area contributed by atoms with Gasteiger partial charge in [0.25, 0.3) is 0 Å². The summed E-state index contributed by atoms with van der Waals surface area (Å²) in [6.07, 6.45) is 2.45. The lowest BCUT2D eigenvalue weighted by Gasteiger charge is -2.19. The summed E-state index contributed by atoms with van der Waals surface area (Å²) in [5.41, 5.74) is -0.449. The van der Waals surface area contributed by atoms with E-state index in [1.165, 1.54) is 0 Å². The number of rotatable bonds is 4. The summed E-state index contributed by atoms with van der Waals surface area (Å²) in [6, 6.07) is 0. The molecule has 0 radical (unpaired) electrons. The van der Waals surface area contributed by atoms with E-state index in [-0.39, 0.29) is 12.0 Å². The van der Waals surface area contributed by atoms with Gasteiger partial charge >= 0.3 is 6.09 Å². The number of amides is 1. The minimum Gasteiger partial charge on any atom is -0.444 e. The van der Waals surface area contributed by atoms with Crippen molar-refractivity contribution in [2.75, 3.05) is 6.54 Å². The van der Waals surface area contributed by atoms with E-state index < -0.39 is 5.60 Å². The van der Waals surface area contributed by atoms with Crippen LogP contribution in [0, 0.1) is 11.8 Å². The average molecular weight is 213 g/mol. The monoisotopic (exact) mass is 213 g/mol. The van der Waals surface area contributed by atoms with Crippen LogP contribution in [0.2, 0.25) is 0 Å². The lowest BCUT2D eigenvalue weighted by Crippen LogP contribution is -2.33. The van der Waals surface area contributed by atoms with Gasteiger partial charge in [0.05, 0.1) is 0 Å². The maximum Gasteiger partial charge on any atom is 0.407 e. The molecule has 2 atom stereocenters. The summed E-state index contributed by atoms with van der Waals surface area (Å²) < 4.78 is 5.07. The predicted molar refractivity (Wildman–Crippen MR) is 56.5 cm³/mol. The van der Waals surface area contributed by atoms with Gasteiger partial charge < -0.3 is 14.8 Å². The zero-order valence-electron chi connectivity index (χ0n) is 9.58. The summed E-state index contributed by atoms with van der Waals surface area (Å²) in [5.74, 6) is 0.697. The topological polar surface area (TPSA) is 55.4 Å². The molecule has 4 heteroatoms. The van der Waals surface area contributed by atoms with Crippen molar-refractivity contribution in [2.24, 2.45) is 11.8 Å². The molecular formula is C11H19NO3. The molecule has 86 valence electrons. The van der Waals surface area contributed by atoms with Crippen LogP contribution in [-0.4, -0.2) is 24.5 Å². The second-order valence-electron chi connectivity index (χ2n) is 5.01. The van der Waals surface area contributed by atoms with Crippen molar-refractivity contribution in [3.63, 3.8) is 0 Å². The number of hydrogen-bond acceptors (Lipinski definition) is 3. The fraction of sp³-hybridized carbons (Fsp3) is 0.818. The molecule has 1 unspecified atom stereocenters. The zero-order chi connectivity index (χ0) is 11.5. The molecule has 1 amide bonds. The number of ether oxygens (including phenoxy) is 1. The number of carbonyl (C=O) groups is 2. The summed E-state index contributed by atoms with van der Waals surface area (Å²) in [4.78, 5) is 21.6. The van der Waals surface area contributed by atoms with Crippen molar-refractivity contribution in [3.8, 4) is 0 Å². The molecule has 0 saturated heterocycles. The molecule has 1 fully saturated rings. The number of carbonyl (C=O) groups excluding carboxylic acids is 2. The fourth-order valence-corrected chi connectivity index (χ4v) is 1.44. The Morgan fingerprint density at radius 2 is 2.20 bits per heavy atom. The SMILES string of the molecule is CC(C)(C)OC(=O)NCCC1C[C@@H]1C=O. The van der Waals surface area contributed by atoms with Crippen LogP contribution in [-0.2, 0) is 9.53 Å². The third-order valence-electron chi connectivity index (χ3n) is 2.34. The molecule has 1 rings (SSSR count). The molecule has 4 nitrogen and oxygen atoms in total. The van der Waals surface area contributed by atoms with Gasteiger partial charge in [0, 0.05) is 12.5 Å². The number of hydrogen-bond donors (Lipinski definition) is 1. The standard InChI is InChI=1S/C11H19NO3/c1-11(2,3)15-10(14)12-5-4-8-6-9(8)7-13/h7-9H,4-6H2,1-3H3,(H,12,14)/t8?,9-/m1/s1. The van der Waals surface area contributed by atoms with Gasteiger partial charge in [-0.05, 0) is 39.5 Å². The van der Waals surface area contributed by atoms with Crippen LogP contribution in [0.25, 0.3) is 0 Å². The van der Waals surface area contributed by atoms with Gasteiger partial charge in [0.1, 0.15) is 11.9 Å². The third-order valence-corrected chi connectivity index (χ3v) is 2.34. The molecule has 1 aliphatic rings. The first kappa shape index (κ1) is 12.0. The van der Waals surface area contributed by atoms with Gasteiger partial charge in [-0.3, -0.25) is 0 Å². The molecule has 0 heterocycles. The van der Waals surface area contributed by atoms with E-state index in [1.54, 1.807) is 0 Å². The molecule has 1 N–H and O–H groups in total. The van der Waals surface area contributed by atoms with Crippen LogP contribution in [0.4, 0.5) is 4.79 Å². The lowest BCUT2D eigenvalue weighted by atomic mass is 10.2. The van der Waals surface area contributed by atoms with Gasteiger partial charge in [-0.1, -0.05) is 0 Å². The molecule has 15 heavy (non-hydrogen) atoms. The van der Waals surface area contributed by atoms with Crippen LogP contribution in [0.3, 0.4) is 0 Å². The van der Waals surface area contributed by atoms with Crippen molar-refractivity contribution in [1.29, 1.82) is 0 Å². The minimum absolute atomic E-state index is 0.227. The fourth-order valence-electron chi connectivity index (χ4n) is 1.44. The summed E-state index contributed by atoms with van der Waals surface area (Å²) in [6.45, 7) is 6.07. The molecule has 0 aromatic heterocycles. The molecule has 0 aromatic rings. The van der Waals surface area contributed by atoms with Crippen LogP contribution in [0.1, 0.15) is 33.6 Å². The highest BCUT2D eigenvalue weighted by Crippen LogP contribution is 2.38. The van der Waals surface area contributed by atoms with E-state index in [2.05, 4.69) is 5.32 Å². The van der Waals surface area contributed by atoms with Crippen molar-refractivity contribution >= 4 is 12.4 Å². The molecule has 0 aliphatic heterocycles. The van der Waals surface area contributed by atoms with E-state index in [9.17, 15) is 9.59 Å². The van der Waals surface area contributed by atoms with Gasteiger partial charge in [0.15, 0.2) is 0 Å². The van der Waals surface area contributed by atoms with E-state index in [0.717, 1.165) is 19.1 Å². The summed E-state index contributed by atoms with van der Waals surface area (Å²) in [5, 5.41) is 2.68. The molecular weight excluding hydrogens is 194 g/mol. The van der Waals surface area contributed by atoms with Crippen molar-refractivity contribution in [2.45, 2.75) is 39.2 Å². The third kappa shape index (κ3) is 4.81. The highest BCUT2D eigenvalue weighted by molar-refractivity contribution is 5.67. The Balaban J connectivity index is 2.05. The smallest absolute Gasteiger partial charge is 0.407 e. The van der Waals surface area contributed by atoms with E-state index in [1.807, 2.05) is 20.8 Å². The average Bonchev–Trinajstić information content (AvgIpc) is 2.80. The largest absolute Gasteiger partial charge is 0.444 e. The highest BCUT2D eigenvalue weighted by atomic mass is 16.6. The summed E-state index contributed by atoms with van der Waals surface area (Å²) in [7, 11) is 0. The second kappa shape index (κ2) is 4.64. The number of aldehydes is 1. The first-order valence-corrected chi connectivity index (χ1v) is 5.34. The van der Waals surface area contributed by atoms with Gasteiger partial charge in [0.2, 0.25) is 0 Å². The highest BCUT2D eigenvalue weighted by Gasteiger charge is 2.35. The minimum atomic E-state index is -0.449.